The van der Waals surface area contributed by atoms with Crippen LogP contribution in [-0.2, 0) is 4.74 Å². The molecule has 0 atom stereocenters. The van der Waals surface area contributed by atoms with Crippen LogP contribution in [0.2, 0.25) is 0 Å². The van der Waals surface area contributed by atoms with Gasteiger partial charge < -0.3 is 19.4 Å². The third-order valence-corrected chi connectivity index (χ3v) is 1.37. The van der Waals surface area contributed by atoms with Gasteiger partial charge in [0.2, 0.25) is 5.88 Å². The maximum absolute atomic E-state index is 11.5. The molecule has 0 bridgehead atoms. The Labute approximate surface area is 92.8 Å². The van der Waals surface area contributed by atoms with Gasteiger partial charge in [-0.05, 0) is 20.8 Å². The fourth-order valence-corrected chi connectivity index (χ4v) is 0.888. The highest BCUT2D eigenvalue weighted by Gasteiger charge is 2.20. The van der Waals surface area contributed by atoms with Crippen molar-refractivity contribution in [2.24, 2.45) is 0 Å². The fourth-order valence-electron chi connectivity index (χ4n) is 0.888. The number of aromatic nitrogens is 2. The molecule has 16 heavy (non-hydrogen) atoms. The monoisotopic (exact) mass is 228 g/mol. The van der Waals surface area contributed by atoms with Crippen LogP contribution in [-0.4, -0.2) is 38.8 Å². The smallest absolute Gasteiger partial charge is 0.497 e. The second-order valence-electron chi connectivity index (χ2n) is 4.02. The summed E-state index contributed by atoms with van der Waals surface area (Å²) < 4.78 is 10.4. The quantitative estimate of drug-likeness (QED) is 0.692. The average molecular weight is 228 g/mol. The summed E-state index contributed by atoms with van der Waals surface area (Å²) in [5, 5.41) is 20.7. The molecule has 1 heterocycles. The second kappa shape index (κ2) is 4.54. The zero-order valence-corrected chi connectivity index (χ0v) is 9.25. The lowest BCUT2D eigenvalue weighted by molar-refractivity contribution is 0.0512. The van der Waals surface area contributed by atoms with Crippen LogP contribution >= 0.6 is 0 Å². The van der Waals surface area contributed by atoms with Crippen LogP contribution in [0.15, 0.2) is 12.3 Å². The molecule has 0 amide bonds. The van der Waals surface area contributed by atoms with E-state index in [9.17, 15) is 4.79 Å². The van der Waals surface area contributed by atoms with Gasteiger partial charge in [0.15, 0.2) is 0 Å². The number of ether oxygens (including phenoxy) is 1. The standard InChI is InChI=1S/C8H13BN2O5/c1-8(2,3)15-7(12)11-5-4-6(10-11)16-9(13)14/h4-5,13-14H,1-3H3. The van der Waals surface area contributed by atoms with Crippen molar-refractivity contribution in [2.75, 3.05) is 0 Å². The van der Waals surface area contributed by atoms with E-state index in [1.807, 2.05) is 0 Å². The molecule has 0 saturated heterocycles. The Morgan fingerprint density at radius 2 is 2.12 bits per heavy atom. The van der Waals surface area contributed by atoms with Gasteiger partial charge in [-0.25, -0.2) is 4.79 Å². The normalized spacial score (nSPS) is 11.1. The van der Waals surface area contributed by atoms with Crippen molar-refractivity contribution in [3.05, 3.63) is 12.3 Å². The number of hydrogen-bond acceptors (Lipinski definition) is 6. The first-order chi connectivity index (χ1) is 7.28. The van der Waals surface area contributed by atoms with Crippen LogP contribution in [0.5, 0.6) is 5.88 Å². The van der Waals surface area contributed by atoms with Gasteiger partial charge in [-0.3, -0.25) is 0 Å². The Balaban J connectivity index is 2.67. The van der Waals surface area contributed by atoms with Gasteiger partial charge in [-0.1, -0.05) is 0 Å². The zero-order valence-electron chi connectivity index (χ0n) is 9.25. The first-order valence-corrected chi connectivity index (χ1v) is 4.60. The summed E-state index contributed by atoms with van der Waals surface area (Å²) >= 11 is 0. The Bertz CT molecular complexity index is 371. The fraction of sp³-hybridized carbons (Fsp3) is 0.500. The van der Waals surface area contributed by atoms with E-state index in [1.54, 1.807) is 20.8 Å². The van der Waals surface area contributed by atoms with Gasteiger partial charge in [-0.15, -0.1) is 5.10 Å². The first-order valence-electron chi connectivity index (χ1n) is 4.60. The summed E-state index contributed by atoms with van der Waals surface area (Å²) in [5.41, 5.74) is -0.624. The van der Waals surface area contributed by atoms with Gasteiger partial charge in [0.05, 0.1) is 0 Å². The van der Waals surface area contributed by atoms with E-state index in [1.165, 1.54) is 12.3 Å². The third kappa shape index (κ3) is 3.91. The molecule has 0 spiro atoms. The summed E-state index contributed by atoms with van der Waals surface area (Å²) in [7, 11) is -1.97. The van der Waals surface area contributed by atoms with Gasteiger partial charge in [0.25, 0.3) is 0 Å². The maximum Gasteiger partial charge on any atom is 0.708 e. The van der Waals surface area contributed by atoms with Gasteiger partial charge in [0, 0.05) is 12.3 Å². The van der Waals surface area contributed by atoms with E-state index in [-0.39, 0.29) is 5.88 Å². The molecule has 0 aliphatic rings. The Morgan fingerprint density at radius 1 is 1.50 bits per heavy atom. The predicted molar refractivity (Wildman–Crippen MR) is 54.7 cm³/mol. The van der Waals surface area contributed by atoms with Crippen molar-refractivity contribution < 1.29 is 24.2 Å². The molecule has 88 valence electrons. The molecule has 0 saturated carbocycles. The summed E-state index contributed by atoms with van der Waals surface area (Å²) in [4.78, 5) is 11.5. The minimum absolute atomic E-state index is 0.0825. The summed E-state index contributed by atoms with van der Waals surface area (Å²) in [6.07, 6.45) is 0.626. The molecule has 1 aromatic rings. The lowest BCUT2D eigenvalue weighted by Crippen LogP contribution is -2.27. The predicted octanol–water partition coefficient (Wildman–Crippen LogP) is 0.0146. The van der Waals surface area contributed by atoms with Gasteiger partial charge in [0.1, 0.15) is 5.60 Å². The Morgan fingerprint density at radius 3 is 2.62 bits per heavy atom. The molecule has 0 unspecified atom stereocenters. The van der Waals surface area contributed by atoms with E-state index >= 15 is 0 Å². The van der Waals surface area contributed by atoms with Crippen LogP contribution < -0.4 is 4.65 Å². The molecular weight excluding hydrogens is 215 g/mol. The largest absolute Gasteiger partial charge is 0.708 e. The molecule has 1 rings (SSSR count). The highest BCUT2D eigenvalue weighted by Crippen LogP contribution is 2.11. The van der Waals surface area contributed by atoms with E-state index in [4.69, 9.17) is 14.8 Å². The number of rotatable bonds is 2. The summed E-state index contributed by atoms with van der Waals surface area (Å²) in [5.74, 6) is -0.0825. The minimum Gasteiger partial charge on any atom is -0.497 e. The molecule has 2 N–H and O–H groups in total. The lowest BCUT2D eigenvalue weighted by atomic mass is 10.2. The topological polar surface area (TPSA) is 93.8 Å². The highest BCUT2D eigenvalue weighted by molar-refractivity contribution is 6.33. The molecule has 0 fully saturated rings. The van der Waals surface area contributed by atoms with E-state index in [0.29, 0.717) is 0 Å². The van der Waals surface area contributed by atoms with Crippen molar-refractivity contribution in [3.8, 4) is 5.88 Å². The molecule has 1 aromatic heterocycles. The van der Waals surface area contributed by atoms with Gasteiger partial charge in [-0.2, -0.15) is 4.68 Å². The molecule has 0 aliphatic heterocycles. The van der Waals surface area contributed by atoms with Gasteiger partial charge >= 0.3 is 13.4 Å². The number of hydrogen-bond donors (Lipinski definition) is 2. The highest BCUT2D eigenvalue weighted by atomic mass is 16.6. The molecule has 0 aliphatic carbocycles. The van der Waals surface area contributed by atoms with Crippen molar-refractivity contribution in [2.45, 2.75) is 26.4 Å². The lowest BCUT2D eigenvalue weighted by Gasteiger charge is -2.18. The molecule has 7 nitrogen and oxygen atoms in total. The van der Waals surface area contributed by atoms with Crippen molar-refractivity contribution in [1.82, 2.24) is 9.78 Å². The Hall–Kier alpha value is -1.54. The minimum atomic E-state index is -1.97. The van der Waals surface area contributed by atoms with Crippen LogP contribution in [0.1, 0.15) is 20.8 Å². The average Bonchev–Trinajstić information content (AvgIpc) is 2.48. The summed E-state index contributed by atoms with van der Waals surface area (Å²) in [6.45, 7) is 5.18. The van der Waals surface area contributed by atoms with E-state index < -0.39 is 19.0 Å². The third-order valence-electron chi connectivity index (χ3n) is 1.37. The van der Waals surface area contributed by atoms with Crippen LogP contribution in [0.4, 0.5) is 4.79 Å². The number of nitrogens with zero attached hydrogens (tertiary/aromatic N) is 2. The number of carbonyl (C=O) groups is 1. The second-order valence-corrected chi connectivity index (χ2v) is 4.02. The van der Waals surface area contributed by atoms with Crippen LogP contribution in [0.3, 0.4) is 0 Å². The van der Waals surface area contributed by atoms with Crippen molar-refractivity contribution in [3.63, 3.8) is 0 Å². The van der Waals surface area contributed by atoms with Crippen LogP contribution in [0.25, 0.3) is 0 Å². The first kappa shape index (κ1) is 12.5. The SMILES string of the molecule is CC(C)(C)OC(=O)n1ccc(OB(O)O)n1. The van der Waals surface area contributed by atoms with E-state index in [2.05, 4.69) is 9.75 Å². The molecule has 0 aromatic carbocycles. The zero-order chi connectivity index (χ0) is 12.3. The number of carbonyl (C=O) groups excluding carboxylic acids is 1. The maximum atomic E-state index is 11.5. The molecule has 0 radical (unpaired) electrons. The summed E-state index contributed by atoms with van der Waals surface area (Å²) in [6, 6.07) is 1.31. The van der Waals surface area contributed by atoms with Crippen molar-refractivity contribution in [1.29, 1.82) is 0 Å². The molecular formula is C8H13BN2O5. The van der Waals surface area contributed by atoms with Crippen LogP contribution in [0, 0.1) is 0 Å². The van der Waals surface area contributed by atoms with E-state index in [0.717, 1.165) is 4.68 Å². The Kier molecular flexibility index (Phi) is 3.56. The molecule has 8 heteroatoms. The van der Waals surface area contributed by atoms with Crippen molar-refractivity contribution >= 4 is 13.4 Å².